The first kappa shape index (κ1) is 17.6. The van der Waals surface area contributed by atoms with Crippen LogP contribution < -0.4 is 10.2 Å². The van der Waals surface area contributed by atoms with Crippen molar-refractivity contribution in [3.05, 3.63) is 66.7 Å². The number of anilines is 2. The zero-order chi connectivity index (χ0) is 19.8. The molecule has 1 aliphatic rings. The first-order chi connectivity index (χ1) is 14.2. The number of amides is 1. The Kier molecular flexibility index (Phi) is 4.35. The number of piperidine rings is 1. The van der Waals surface area contributed by atoms with Gasteiger partial charge in [-0.05, 0) is 61.4 Å². The van der Waals surface area contributed by atoms with E-state index in [1.807, 2.05) is 30.5 Å². The van der Waals surface area contributed by atoms with Gasteiger partial charge in [-0.2, -0.15) is 0 Å². The highest BCUT2D eigenvalue weighted by molar-refractivity contribution is 5.93. The van der Waals surface area contributed by atoms with Crippen molar-refractivity contribution in [1.82, 2.24) is 14.4 Å². The number of pyridine rings is 1. The van der Waals surface area contributed by atoms with E-state index in [9.17, 15) is 9.18 Å². The Labute approximate surface area is 167 Å². The highest BCUT2D eigenvalue weighted by atomic mass is 19.1. The zero-order valence-electron chi connectivity index (χ0n) is 15.8. The summed E-state index contributed by atoms with van der Waals surface area (Å²) in [7, 11) is 0. The molecule has 0 bridgehead atoms. The predicted octanol–water partition coefficient (Wildman–Crippen LogP) is 3.88. The van der Waals surface area contributed by atoms with Crippen molar-refractivity contribution in [2.75, 3.05) is 23.3 Å². The fourth-order valence-electron chi connectivity index (χ4n) is 3.99. The Morgan fingerprint density at radius 3 is 2.79 bits per heavy atom. The summed E-state index contributed by atoms with van der Waals surface area (Å²) in [5.74, 6) is 0.316. The van der Waals surface area contributed by atoms with Gasteiger partial charge in [-0.1, -0.05) is 0 Å². The van der Waals surface area contributed by atoms with E-state index >= 15 is 0 Å². The largest absolute Gasteiger partial charge is 0.354 e. The number of nitrogens with one attached hydrogen (secondary N) is 1. The molecule has 29 heavy (non-hydrogen) atoms. The van der Waals surface area contributed by atoms with E-state index in [4.69, 9.17) is 4.98 Å². The molecule has 5 rings (SSSR count). The van der Waals surface area contributed by atoms with Gasteiger partial charge < -0.3 is 14.6 Å². The normalized spacial score (nSPS) is 17.0. The van der Waals surface area contributed by atoms with Crippen molar-refractivity contribution in [2.24, 2.45) is 5.92 Å². The van der Waals surface area contributed by atoms with Gasteiger partial charge in [0.15, 0.2) is 11.5 Å². The molecular formula is C22H20FN5O. The number of benzene rings is 1. The third-order valence-electron chi connectivity index (χ3n) is 5.42. The fraction of sp³-hybridized carbons (Fsp3) is 0.227. The van der Waals surface area contributed by atoms with Crippen LogP contribution in [0.15, 0.2) is 60.9 Å². The molecule has 1 aliphatic heterocycles. The molecule has 1 N–H and O–H groups in total. The third kappa shape index (κ3) is 3.29. The molecule has 0 unspecified atom stereocenters. The number of carbonyl (C=O) groups excluding carboxylic acids is 1. The maximum Gasteiger partial charge on any atom is 0.229 e. The minimum atomic E-state index is -0.320. The lowest BCUT2D eigenvalue weighted by atomic mass is 9.97. The average Bonchev–Trinajstić information content (AvgIpc) is 3.25. The van der Waals surface area contributed by atoms with Crippen molar-refractivity contribution in [1.29, 1.82) is 0 Å². The topological polar surface area (TPSA) is 62.5 Å². The number of nitrogens with zero attached hydrogens (tertiary/aromatic N) is 4. The van der Waals surface area contributed by atoms with Crippen LogP contribution in [0.3, 0.4) is 0 Å². The summed E-state index contributed by atoms with van der Waals surface area (Å²) >= 11 is 0. The molecule has 7 heteroatoms. The summed E-state index contributed by atoms with van der Waals surface area (Å²) in [6, 6.07) is 13.8. The number of fused-ring (bicyclic) bond motifs is 3. The van der Waals surface area contributed by atoms with Crippen molar-refractivity contribution in [3.8, 4) is 0 Å². The van der Waals surface area contributed by atoms with Gasteiger partial charge in [0.25, 0.3) is 0 Å². The maximum atomic E-state index is 13.1. The van der Waals surface area contributed by atoms with Crippen LogP contribution in [0, 0.1) is 11.7 Å². The third-order valence-corrected chi connectivity index (χ3v) is 5.42. The van der Waals surface area contributed by atoms with Crippen molar-refractivity contribution >= 4 is 34.1 Å². The van der Waals surface area contributed by atoms with Gasteiger partial charge in [0.1, 0.15) is 5.82 Å². The molecule has 4 heterocycles. The van der Waals surface area contributed by atoms with E-state index in [0.29, 0.717) is 17.9 Å². The lowest BCUT2D eigenvalue weighted by Crippen LogP contribution is -2.41. The van der Waals surface area contributed by atoms with Crippen LogP contribution in [0.4, 0.5) is 15.9 Å². The van der Waals surface area contributed by atoms with Crippen LogP contribution in [0.1, 0.15) is 12.8 Å². The first-order valence-corrected chi connectivity index (χ1v) is 9.72. The Bertz CT molecular complexity index is 1190. The van der Waals surface area contributed by atoms with Crippen molar-refractivity contribution < 1.29 is 9.18 Å². The molecule has 146 valence electrons. The number of rotatable bonds is 3. The quantitative estimate of drug-likeness (QED) is 0.578. The highest BCUT2D eigenvalue weighted by Crippen LogP contribution is 2.29. The fourth-order valence-corrected chi connectivity index (χ4v) is 3.99. The highest BCUT2D eigenvalue weighted by Gasteiger charge is 2.28. The molecule has 1 fully saturated rings. The molecule has 3 aromatic heterocycles. The predicted molar refractivity (Wildman–Crippen MR) is 110 cm³/mol. The van der Waals surface area contributed by atoms with Crippen LogP contribution >= 0.6 is 0 Å². The second-order valence-electron chi connectivity index (χ2n) is 7.33. The Balaban J connectivity index is 1.42. The SMILES string of the molecule is O=C(Nc1ccc(F)cc1)[C@H]1CCCN(c2nc3ncccc3n3cccc23)C1. The van der Waals surface area contributed by atoms with E-state index < -0.39 is 0 Å². The molecule has 1 aromatic carbocycles. The smallest absolute Gasteiger partial charge is 0.229 e. The number of halogens is 1. The van der Waals surface area contributed by atoms with E-state index in [-0.39, 0.29) is 17.6 Å². The molecule has 0 spiro atoms. The van der Waals surface area contributed by atoms with Gasteiger partial charge in [-0.25, -0.2) is 14.4 Å². The zero-order valence-corrected chi connectivity index (χ0v) is 15.8. The molecule has 1 saturated heterocycles. The van der Waals surface area contributed by atoms with Crippen LogP contribution in [0.5, 0.6) is 0 Å². The van der Waals surface area contributed by atoms with Crippen molar-refractivity contribution in [2.45, 2.75) is 12.8 Å². The molecule has 0 saturated carbocycles. The average molecular weight is 389 g/mol. The Hall–Kier alpha value is -3.48. The van der Waals surface area contributed by atoms with Gasteiger partial charge in [-0.3, -0.25) is 4.79 Å². The number of carbonyl (C=O) groups is 1. The summed E-state index contributed by atoms with van der Waals surface area (Å²) in [6.07, 6.45) is 5.46. The van der Waals surface area contributed by atoms with Crippen LogP contribution in [0.25, 0.3) is 16.7 Å². The van der Waals surface area contributed by atoms with Gasteiger partial charge in [0.05, 0.1) is 17.0 Å². The molecule has 6 nitrogen and oxygen atoms in total. The summed E-state index contributed by atoms with van der Waals surface area (Å²) in [6.45, 7) is 1.42. The maximum absolute atomic E-state index is 13.1. The van der Waals surface area contributed by atoms with Crippen LogP contribution in [-0.2, 0) is 4.79 Å². The summed E-state index contributed by atoms with van der Waals surface area (Å²) in [4.78, 5) is 24.2. The monoisotopic (exact) mass is 389 g/mol. The van der Waals surface area contributed by atoms with E-state index in [1.54, 1.807) is 18.3 Å². The van der Waals surface area contributed by atoms with E-state index in [2.05, 4.69) is 19.6 Å². The van der Waals surface area contributed by atoms with Crippen LogP contribution in [0.2, 0.25) is 0 Å². The Morgan fingerprint density at radius 2 is 1.93 bits per heavy atom. The van der Waals surface area contributed by atoms with Crippen LogP contribution in [-0.4, -0.2) is 33.4 Å². The molecule has 1 atom stereocenters. The lowest BCUT2D eigenvalue weighted by molar-refractivity contribution is -0.120. The van der Waals surface area contributed by atoms with Gasteiger partial charge in [-0.15, -0.1) is 0 Å². The summed E-state index contributed by atoms with van der Waals surface area (Å²) in [5, 5.41) is 2.90. The van der Waals surface area contributed by atoms with Crippen molar-refractivity contribution in [3.63, 3.8) is 0 Å². The second-order valence-corrected chi connectivity index (χ2v) is 7.33. The number of hydrogen-bond acceptors (Lipinski definition) is 4. The Morgan fingerprint density at radius 1 is 1.10 bits per heavy atom. The minimum Gasteiger partial charge on any atom is -0.354 e. The summed E-state index contributed by atoms with van der Waals surface area (Å²) < 4.78 is 15.2. The van der Waals surface area contributed by atoms with Gasteiger partial charge in [0.2, 0.25) is 5.91 Å². The minimum absolute atomic E-state index is 0.0494. The summed E-state index contributed by atoms with van der Waals surface area (Å²) in [5.41, 5.74) is 3.25. The number of hydrogen-bond donors (Lipinski definition) is 1. The second kappa shape index (κ2) is 7.16. The molecular weight excluding hydrogens is 369 g/mol. The standard InChI is InChI=1S/C22H20FN5O/c23-16-7-9-17(10-8-16)25-22(29)15-4-2-12-27(14-15)21-19-6-3-13-28(19)18-5-1-11-24-20(18)26-21/h1,3,5-11,13,15H,2,4,12,14H2,(H,25,29)/t15-/m0/s1. The van der Waals surface area contributed by atoms with E-state index in [1.165, 1.54) is 12.1 Å². The molecule has 1 amide bonds. The van der Waals surface area contributed by atoms with Gasteiger partial charge in [0, 0.05) is 31.2 Å². The molecule has 4 aromatic rings. The van der Waals surface area contributed by atoms with Gasteiger partial charge >= 0.3 is 0 Å². The number of aromatic nitrogens is 3. The molecule has 0 aliphatic carbocycles. The first-order valence-electron chi connectivity index (χ1n) is 9.72. The lowest BCUT2D eigenvalue weighted by Gasteiger charge is -2.33. The van der Waals surface area contributed by atoms with E-state index in [0.717, 1.165) is 36.2 Å². The molecule has 0 radical (unpaired) electrons.